The number of hydrogen-bond acceptors (Lipinski definition) is 9. The van der Waals surface area contributed by atoms with Crippen LogP contribution in [-0.2, 0) is 11.0 Å². The number of nitrogens with one attached hydrogen (secondary N) is 4. The van der Waals surface area contributed by atoms with Crippen LogP contribution in [0.5, 0.6) is 0 Å². The van der Waals surface area contributed by atoms with E-state index in [4.69, 9.17) is 4.52 Å². The van der Waals surface area contributed by atoms with Crippen molar-refractivity contribution < 1.29 is 4.52 Å². The fraction of sp³-hybridized carbons (Fsp3) is 0.478. The van der Waals surface area contributed by atoms with Crippen molar-refractivity contribution in [1.29, 1.82) is 0 Å². The molecular weight excluding hydrogens is 545 g/mol. The van der Waals surface area contributed by atoms with Crippen LogP contribution in [0.4, 0.5) is 23.4 Å². The Morgan fingerprint density at radius 1 is 1.24 bits per heavy atom. The second-order valence-electron chi connectivity index (χ2n) is 8.77. The van der Waals surface area contributed by atoms with Crippen LogP contribution >= 0.6 is 22.6 Å². The van der Waals surface area contributed by atoms with E-state index in [-0.39, 0.29) is 6.04 Å². The van der Waals surface area contributed by atoms with Gasteiger partial charge in [-0.2, -0.15) is 15.1 Å². The summed E-state index contributed by atoms with van der Waals surface area (Å²) in [6.07, 6.45) is 5.45. The number of rotatable bonds is 12. The Balaban J connectivity index is 1.50. The van der Waals surface area contributed by atoms with Crippen LogP contribution in [0.2, 0.25) is 0 Å². The molecule has 1 aliphatic rings. The van der Waals surface area contributed by atoms with Gasteiger partial charge in [0.25, 0.3) is 0 Å². The second-order valence-corrected chi connectivity index (χ2v) is 9.53. The summed E-state index contributed by atoms with van der Waals surface area (Å²) in [7, 11) is 4.12. The molecule has 3 aromatic rings. The van der Waals surface area contributed by atoms with E-state index in [1.165, 1.54) is 24.2 Å². The van der Waals surface area contributed by atoms with Gasteiger partial charge < -0.3 is 25.4 Å². The van der Waals surface area contributed by atoms with Crippen molar-refractivity contribution in [2.75, 3.05) is 30.0 Å². The van der Waals surface area contributed by atoms with Crippen molar-refractivity contribution in [1.82, 2.24) is 30.2 Å². The Hall–Kier alpha value is -2.83. The minimum atomic E-state index is 0.177. The highest BCUT2D eigenvalue weighted by molar-refractivity contribution is 14.1. The molecule has 10 nitrogen and oxygen atoms in total. The van der Waals surface area contributed by atoms with Crippen molar-refractivity contribution in [3.05, 3.63) is 47.1 Å². The monoisotopic (exact) mass is 577 g/mol. The van der Waals surface area contributed by atoms with Gasteiger partial charge in [0.1, 0.15) is 11.6 Å². The summed E-state index contributed by atoms with van der Waals surface area (Å²) in [5.74, 6) is 3.97. The van der Waals surface area contributed by atoms with E-state index >= 15 is 0 Å². The van der Waals surface area contributed by atoms with Gasteiger partial charge >= 0.3 is 0 Å². The summed E-state index contributed by atoms with van der Waals surface area (Å²) in [5, 5.41) is 21.6. The number of aromatic nitrogens is 5. The first-order valence-electron chi connectivity index (χ1n) is 11.5. The van der Waals surface area contributed by atoms with Crippen molar-refractivity contribution in [2.45, 2.75) is 56.0 Å². The molecule has 34 heavy (non-hydrogen) atoms. The van der Waals surface area contributed by atoms with Crippen LogP contribution in [0.1, 0.15) is 56.2 Å². The van der Waals surface area contributed by atoms with Crippen molar-refractivity contribution in [3.8, 4) is 0 Å². The van der Waals surface area contributed by atoms with E-state index in [9.17, 15) is 0 Å². The first kappa shape index (κ1) is 24.3. The predicted octanol–water partition coefficient (Wildman–Crippen LogP) is 5.01. The lowest BCUT2D eigenvalue weighted by Gasteiger charge is -2.22. The minimum absolute atomic E-state index is 0.177. The molecule has 0 aliphatic heterocycles. The van der Waals surface area contributed by atoms with Gasteiger partial charge in [-0.25, -0.2) is 0 Å². The molecule has 0 spiro atoms. The Morgan fingerprint density at radius 3 is 2.71 bits per heavy atom. The summed E-state index contributed by atoms with van der Waals surface area (Å²) in [5.41, 5.74) is 3.34. The highest BCUT2D eigenvalue weighted by Crippen LogP contribution is 2.39. The van der Waals surface area contributed by atoms with Crippen molar-refractivity contribution in [2.24, 2.45) is 0 Å². The SMILES string of the molecule is C/C=C(\C[C@@H](C)Nc1cc(Nc2cc(C3CC3)[nH]n2)nc(NCc2cc(CI)no2)n1)N(C)C. The first-order valence-corrected chi connectivity index (χ1v) is 13.0. The highest BCUT2D eigenvalue weighted by Gasteiger charge is 2.25. The lowest BCUT2D eigenvalue weighted by atomic mass is 10.1. The molecule has 0 bridgehead atoms. The third kappa shape index (κ3) is 6.61. The molecule has 182 valence electrons. The summed E-state index contributed by atoms with van der Waals surface area (Å²) in [6.45, 7) is 4.65. The quantitative estimate of drug-likeness (QED) is 0.174. The van der Waals surface area contributed by atoms with E-state index in [1.54, 1.807) is 0 Å². The number of halogens is 1. The maximum atomic E-state index is 5.38. The van der Waals surface area contributed by atoms with E-state index in [2.05, 4.69) is 109 Å². The molecule has 4 N–H and O–H groups in total. The maximum Gasteiger partial charge on any atom is 0.227 e. The Kier molecular flexibility index (Phi) is 7.91. The fourth-order valence-electron chi connectivity index (χ4n) is 3.64. The fourth-order valence-corrected chi connectivity index (χ4v) is 4.00. The van der Waals surface area contributed by atoms with E-state index in [0.29, 0.717) is 24.2 Å². The Bertz CT molecular complexity index is 1120. The molecule has 0 aromatic carbocycles. The van der Waals surface area contributed by atoms with Gasteiger partial charge in [-0.15, -0.1) is 0 Å². The largest absolute Gasteiger partial charge is 0.381 e. The van der Waals surface area contributed by atoms with Crippen molar-refractivity contribution >= 4 is 46.0 Å². The summed E-state index contributed by atoms with van der Waals surface area (Å²) in [6, 6.07) is 6.07. The molecule has 11 heteroatoms. The van der Waals surface area contributed by atoms with Crippen LogP contribution in [0.15, 0.2) is 34.5 Å². The van der Waals surface area contributed by atoms with E-state index in [1.807, 2.05) is 12.1 Å². The zero-order chi connectivity index (χ0) is 24.1. The topological polar surface area (TPSA) is 120 Å². The average Bonchev–Trinajstić information content (AvgIpc) is 3.37. The summed E-state index contributed by atoms with van der Waals surface area (Å²) in [4.78, 5) is 11.5. The van der Waals surface area contributed by atoms with Gasteiger partial charge in [-0.3, -0.25) is 5.10 Å². The first-order chi connectivity index (χ1) is 16.4. The normalized spacial score (nSPS) is 14.7. The standard InChI is InChI=1S/C23H32IN9O/c1-5-17(33(3)4)8-14(2)26-20-11-21(27-22-10-19(30-31-22)15-6-7-15)29-23(28-20)25-13-18-9-16(12-24)32-34-18/h5,9-11,14-15H,6-8,12-13H2,1-4H3,(H4,25,26,27,28,29,30,31)/b17-5+/t14-/m1/s1. The van der Waals surface area contributed by atoms with Crippen LogP contribution in [-0.4, -0.2) is 50.4 Å². The van der Waals surface area contributed by atoms with Crippen LogP contribution in [0, 0.1) is 0 Å². The van der Waals surface area contributed by atoms with Gasteiger partial charge in [0.05, 0.1) is 12.2 Å². The third-order valence-electron chi connectivity index (χ3n) is 5.58. The number of H-pyrrole nitrogens is 1. The predicted molar refractivity (Wildman–Crippen MR) is 143 cm³/mol. The summed E-state index contributed by atoms with van der Waals surface area (Å²) < 4.78 is 6.18. The van der Waals surface area contributed by atoms with Crippen molar-refractivity contribution in [3.63, 3.8) is 0 Å². The van der Waals surface area contributed by atoms with Crippen LogP contribution in [0.25, 0.3) is 0 Å². The van der Waals surface area contributed by atoms with Gasteiger partial charge in [-0.05, 0) is 26.7 Å². The number of hydrogen-bond donors (Lipinski definition) is 4. The zero-order valence-electron chi connectivity index (χ0n) is 20.0. The number of nitrogens with zero attached hydrogens (tertiary/aromatic N) is 5. The lowest BCUT2D eigenvalue weighted by Crippen LogP contribution is -2.22. The lowest BCUT2D eigenvalue weighted by molar-refractivity contribution is 0.384. The van der Waals surface area contributed by atoms with Crippen LogP contribution < -0.4 is 16.0 Å². The smallest absolute Gasteiger partial charge is 0.227 e. The van der Waals surface area contributed by atoms with Gasteiger partial charge in [0.2, 0.25) is 5.95 Å². The minimum Gasteiger partial charge on any atom is -0.381 e. The molecule has 0 unspecified atom stereocenters. The molecule has 0 radical (unpaired) electrons. The molecule has 3 aromatic heterocycles. The molecule has 4 rings (SSSR count). The van der Waals surface area contributed by atoms with E-state index in [0.717, 1.165) is 33.9 Å². The Morgan fingerprint density at radius 2 is 2.03 bits per heavy atom. The second kappa shape index (κ2) is 11.1. The number of anilines is 4. The maximum absolute atomic E-state index is 5.38. The number of aromatic amines is 1. The van der Waals surface area contributed by atoms with Gasteiger partial charge in [0.15, 0.2) is 11.6 Å². The Labute approximate surface area is 213 Å². The number of allylic oxidation sites excluding steroid dienone is 1. The number of alkyl halides is 1. The molecule has 3 heterocycles. The molecule has 1 fully saturated rings. The molecule has 0 saturated heterocycles. The molecule has 1 atom stereocenters. The molecule has 1 aliphatic carbocycles. The molecule has 0 amide bonds. The molecular formula is C23H32IN9O. The summed E-state index contributed by atoms with van der Waals surface area (Å²) >= 11 is 2.26. The zero-order valence-corrected chi connectivity index (χ0v) is 22.2. The highest BCUT2D eigenvalue weighted by atomic mass is 127. The average molecular weight is 577 g/mol. The van der Waals surface area contributed by atoms with Gasteiger partial charge in [-0.1, -0.05) is 33.8 Å². The van der Waals surface area contributed by atoms with Crippen LogP contribution in [0.3, 0.4) is 0 Å². The third-order valence-corrected chi connectivity index (χ3v) is 6.36. The van der Waals surface area contributed by atoms with E-state index < -0.39 is 0 Å². The molecule has 1 saturated carbocycles. The van der Waals surface area contributed by atoms with Gasteiger partial charge in [0, 0.05) is 66.5 Å².